The van der Waals surface area contributed by atoms with Crippen molar-refractivity contribution in [2.45, 2.75) is 89.8 Å². The Balaban J connectivity index is 1.36. The fourth-order valence-electron chi connectivity index (χ4n) is 10.6. The van der Waals surface area contributed by atoms with Crippen LogP contribution < -0.4 is 16.1 Å². The molecule has 3 aromatic carbocycles. The van der Waals surface area contributed by atoms with Crippen LogP contribution in [0, 0.1) is 0 Å². The molecule has 0 bridgehead atoms. The molecular weight excluding hydrogens is 843 g/mol. The molecule has 0 radical (unpaired) electrons. The highest BCUT2D eigenvalue weighted by Gasteiger charge is 2.59. The van der Waals surface area contributed by atoms with Gasteiger partial charge in [-0.25, -0.2) is 4.79 Å². The van der Waals surface area contributed by atoms with Crippen LogP contribution in [0.1, 0.15) is 95.5 Å². The summed E-state index contributed by atoms with van der Waals surface area (Å²) >= 11 is 3.47. The lowest BCUT2D eigenvalue weighted by molar-refractivity contribution is -0.145. The highest BCUT2D eigenvalue weighted by atomic mass is 79.9. The number of carbonyl (C=O) groups is 6. The van der Waals surface area contributed by atoms with E-state index >= 15 is 0 Å². The highest BCUT2D eigenvalue weighted by Crippen LogP contribution is 2.51. The molecule has 0 saturated carbocycles. The minimum atomic E-state index is -2.70. The molecule has 2 spiro atoms. The Bertz CT molecular complexity index is 2250. The van der Waals surface area contributed by atoms with Gasteiger partial charge in [0, 0.05) is 58.3 Å². The minimum absolute atomic E-state index is 0.226. The quantitative estimate of drug-likeness (QED) is 0.150. The number of halogens is 1. The SMILES string of the molecule is CCN(CC)C(Cc1ccc2c(c1)[Si]1(CCCCC1)c1cc(CC(N(CC)CC)N3C(=O)C=CC3=O)ccc1C21OC(=O)c2cc(Br)c(C(N)=O)cc21)N1C(=O)C=CC1=O. The molecule has 5 heterocycles. The van der Waals surface area contributed by atoms with Crippen molar-refractivity contribution >= 4 is 69.9 Å². The number of nitrogens with zero attached hydrogens (tertiary/aromatic N) is 4. The van der Waals surface area contributed by atoms with Gasteiger partial charge in [0.2, 0.25) is 5.91 Å². The number of likely N-dealkylation sites (N-methyl/N-ethyl adjacent to an activating group) is 2. The van der Waals surface area contributed by atoms with E-state index < -0.39 is 37.9 Å². The lowest BCUT2D eigenvalue weighted by atomic mass is 9.78. The van der Waals surface area contributed by atoms with Gasteiger partial charge in [-0.3, -0.25) is 43.6 Å². The van der Waals surface area contributed by atoms with Gasteiger partial charge in [-0.05, 0) is 87.8 Å². The van der Waals surface area contributed by atoms with Crippen molar-refractivity contribution in [1.29, 1.82) is 0 Å². The largest absolute Gasteiger partial charge is 0.441 e. The summed E-state index contributed by atoms with van der Waals surface area (Å²) in [4.78, 5) is 86.6. The number of primary amides is 1. The Morgan fingerprint density at radius 3 is 1.57 bits per heavy atom. The molecule has 14 heteroatoms. The molecule has 60 heavy (non-hydrogen) atoms. The Hall–Kier alpha value is -5.02. The van der Waals surface area contributed by atoms with Crippen molar-refractivity contribution in [3.63, 3.8) is 0 Å². The standard InChI is InChI=1S/C46H50BrN5O7Si/c1-5-49(6-2)38(51-40(53)16-17-41(51)54)24-28-12-14-32-36(22-28)60(20-10-9-11-21-60)37-23-29(25-39(50(7-3)8-4)52-42(55)18-19-43(52)56)13-15-33(37)46(32)34-26-31(44(48)57)35(47)27-30(34)45(58)59-46/h12-19,22-23,26-27,38-39H,5-11,20-21,24-25H2,1-4H3,(H2,48,57). The Kier molecular flexibility index (Phi) is 11.2. The number of carbonyl (C=O) groups excluding carboxylic acids is 6. The molecule has 3 aromatic rings. The third kappa shape index (κ3) is 6.54. The van der Waals surface area contributed by atoms with Gasteiger partial charge in [0.1, 0.15) is 8.07 Å². The average Bonchev–Trinajstić information content (AvgIpc) is 3.86. The van der Waals surface area contributed by atoms with Gasteiger partial charge >= 0.3 is 5.97 Å². The summed E-state index contributed by atoms with van der Waals surface area (Å²) in [5.74, 6) is -2.52. The van der Waals surface area contributed by atoms with Gasteiger partial charge in [0.15, 0.2) is 5.60 Å². The van der Waals surface area contributed by atoms with E-state index in [-0.39, 0.29) is 29.2 Å². The Morgan fingerprint density at radius 2 is 1.15 bits per heavy atom. The van der Waals surface area contributed by atoms with Crippen LogP contribution in [0.25, 0.3) is 0 Å². The maximum absolute atomic E-state index is 14.2. The number of hydrogen-bond acceptors (Lipinski definition) is 9. The molecule has 5 aliphatic rings. The van der Waals surface area contributed by atoms with E-state index in [9.17, 15) is 28.8 Å². The van der Waals surface area contributed by atoms with Crippen molar-refractivity contribution in [2.24, 2.45) is 5.73 Å². The summed E-state index contributed by atoms with van der Waals surface area (Å²) in [7, 11) is -2.70. The van der Waals surface area contributed by atoms with Crippen molar-refractivity contribution in [1.82, 2.24) is 19.6 Å². The molecule has 1 fully saturated rings. The second-order valence-electron chi connectivity index (χ2n) is 16.3. The highest BCUT2D eigenvalue weighted by molar-refractivity contribution is 9.10. The average molecular weight is 893 g/mol. The number of nitrogens with two attached hydrogens (primary N) is 1. The van der Waals surface area contributed by atoms with Crippen LogP contribution in [0.5, 0.6) is 0 Å². The van der Waals surface area contributed by atoms with Gasteiger partial charge in [0.25, 0.3) is 23.6 Å². The topological polar surface area (TPSA) is 151 Å². The van der Waals surface area contributed by atoms with E-state index in [2.05, 4.69) is 50.0 Å². The molecule has 2 atom stereocenters. The second-order valence-corrected chi connectivity index (χ2v) is 21.4. The van der Waals surface area contributed by atoms with Gasteiger partial charge in [0.05, 0.1) is 23.5 Å². The van der Waals surface area contributed by atoms with Crippen molar-refractivity contribution in [3.05, 3.63) is 116 Å². The molecule has 0 aliphatic carbocycles. The number of amides is 5. The van der Waals surface area contributed by atoms with Crippen molar-refractivity contribution in [3.8, 4) is 0 Å². The molecule has 5 aliphatic heterocycles. The van der Waals surface area contributed by atoms with E-state index in [1.54, 1.807) is 12.1 Å². The van der Waals surface area contributed by atoms with Crippen LogP contribution in [0.2, 0.25) is 12.1 Å². The lowest BCUT2D eigenvalue weighted by Gasteiger charge is -2.48. The van der Waals surface area contributed by atoms with E-state index in [1.165, 1.54) is 34.1 Å². The first-order chi connectivity index (χ1) is 28.8. The summed E-state index contributed by atoms with van der Waals surface area (Å²) in [6.07, 6.45) is 8.18. The summed E-state index contributed by atoms with van der Waals surface area (Å²) in [6, 6.07) is 17.8. The molecule has 0 aromatic heterocycles. The van der Waals surface area contributed by atoms with Crippen LogP contribution in [-0.2, 0) is 42.4 Å². The van der Waals surface area contributed by atoms with E-state index in [4.69, 9.17) is 10.5 Å². The number of esters is 1. The fourth-order valence-corrected chi connectivity index (χ4v) is 16.9. The zero-order valence-corrected chi connectivity index (χ0v) is 37.0. The Labute approximate surface area is 359 Å². The number of benzene rings is 3. The van der Waals surface area contributed by atoms with E-state index in [0.29, 0.717) is 54.6 Å². The third-order valence-corrected chi connectivity index (χ3v) is 19.4. The molecule has 312 valence electrons. The first-order valence-electron chi connectivity index (χ1n) is 21.1. The first kappa shape index (κ1) is 41.7. The maximum atomic E-state index is 14.2. The zero-order chi connectivity index (χ0) is 42.7. The van der Waals surface area contributed by atoms with E-state index in [0.717, 1.165) is 64.0 Å². The second kappa shape index (κ2) is 16.1. The van der Waals surface area contributed by atoms with Crippen LogP contribution in [0.15, 0.2) is 77.3 Å². The lowest BCUT2D eigenvalue weighted by Crippen LogP contribution is -2.67. The minimum Gasteiger partial charge on any atom is -0.441 e. The number of imide groups is 2. The third-order valence-electron chi connectivity index (χ3n) is 13.5. The monoisotopic (exact) mass is 891 g/mol. The Morgan fingerprint density at radius 1 is 0.700 bits per heavy atom. The summed E-state index contributed by atoms with van der Waals surface area (Å²) in [5.41, 5.74) is 9.19. The first-order valence-corrected chi connectivity index (χ1v) is 24.3. The fraction of sp³-hybridized carbons (Fsp3) is 0.391. The molecule has 2 N–H and O–H groups in total. The van der Waals surface area contributed by atoms with Gasteiger partial charge in [-0.15, -0.1) is 0 Å². The van der Waals surface area contributed by atoms with Crippen LogP contribution >= 0.6 is 15.9 Å². The number of hydrogen-bond donors (Lipinski definition) is 1. The van der Waals surface area contributed by atoms with Gasteiger partial charge in [-0.2, -0.15) is 0 Å². The number of rotatable bonds is 13. The van der Waals surface area contributed by atoms with Crippen LogP contribution in [0.4, 0.5) is 0 Å². The molecule has 2 unspecified atom stereocenters. The predicted molar refractivity (Wildman–Crippen MR) is 232 cm³/mol. The smallest absolute Gasteiger partial charge is 0.340 e. The molecule has 1 saturated heterocycles. The summed E-state index contributed by atoms with van der Waals surface area (Å²) in [6.45, 7) is 10.6. The molecular formula is C46H50BrN5O7Si. The van der Waals surface area contributed by atoms with Crippen LogP contribution in [-0.4, -0.2) is 102 Å². The summed E-state index contributed by atoms with van der Waals surface area (Å²) < 4.78 is 7.12. The van der Waals surface area contributed by atoms with Crippen molar-refractivity contribution in [2.75, 3.05) is 26.2 Å². The van der Waals surface area contributed by atoms with Crippen LogP contribution in [0.3, 0.4) is 0 Å². The van der Waals surface area contributed by atoms with Crippen molar-refractivity contribution < 1.29 is 33.5 Å². The maximum Gasteiger partial charge on any atom is 0.340 e. The normalized spacial score (nSPS) is 21.1. The molecule has 5 amide bonds. The van der Waals surface area contributed by atoms with Gasteiger partial charge in [-0.1, -0.05) is 83.4 Å². The summed E-state index contributed by atoms with van der Waals surface area (Å²) in [5, 5.41) is 2.25. The van der Waals surface area contributed by atoms with E-state index in [1.807, 2.05) is 39.8 Å². The molecule has 12 nitrogen and oxygen atoms in total. The molecule has 8 rings (SSSR count). The predicted octanol–water partition coefficient (Wildman–Crippen LogP) is 4.34. The van der Waals surface area contributed by atoms with Gasteiger partial charge < -0.3 is 10.5 Å². The number of fused-ring (bicyclic) bond motifs is 8. The zero-order valence-electron chi connectivity index (χ0n) is 34.5. The number of ether oxygens (including phenoxy) is 1.